The molecule has 2 amide bonds. The Kier molecular flexibility index (Phi) is 5.63. The number of carbonyl (C=O) groups excluding carboxylic acids is 2. The largest absolute Gasteiger partial charge is 0.326 e. The Morgan fingerprint density at radius 3 is 2.40 bits per heavy atom. The summed E-state index contributed by atoms with van der Waals surface area (Å²) < 4.78 is 0.486. The van der Waals surface area contributed by atoms with Gasteiger partial charge in [-0.1, -0.05) is 72.5 Å². The maximum Gasteiger partial charge on any atom is 0.266 e. The van der Waals surface area contributed by atoms with Gasteiger partial charge < -0.3 is 5.32 Å². The molecule has 25 heavy (non-hydrogen) atoms. The summed E-state index contributed by atoms with van der Waals surface area (Å²) in [4.78, 5) is 26.6. The fraction of sp³-hybridized carbons (Fsp3) is 0.105. The van der Waals surface area contributed by atoms with E-state index in [1.54, 1.807) is 0 Å². The summed E-state index contributed by atoms with van der Waals surface area (Å²) in [6.45, 7) is 0.273. The average Bonchev–Trinajstić information content (AvgIpc) is 2.88. The van der Waals surface area contributed by atoms with Gasteiger partial charge in [0.15, 0.2) is 0 Å². The van der Waals surface area contributed by atoms with Crippen molar-refractivity contribution in [3.05, 3.63) is 71.1 Å². The van der Waals surface area contributed by atoms with Crippen molar-refractivity contribution in [1.82, 2.24) is 4.90 Å². The highest BCUT2D eigenvalue weighted by molar-refractivity contribution is 8.26. The molecule has 2 aromatic rings. The van der Waals surface area contributed by atoms with Gasteiger partial charge in [-0.2, -0.15) is 0 Å². The van der Waals surface area contributed by atoms with Gasteiger partial charge in [0.1, 0.15) is 4.32 Å². The Morgan fingerprint density at radius 1 is 1.08 bits per heavy atom. The van der Waals surface area contributed by atoms with Gasteiger partial charge in [0.05, 0.1) is 4.91 Å². The number of nitrogens with one attached hydrogen (secondary N) is 1. The first-order chi connectivity index (χ1) is 12.1. The molecule has 4 nitrogen and oxygen atoms in total. The third-order valence-corrected chi connectivity index (χ3v) is 4.97. The number of thiocarbonyl (C=S) groups is 1. The van der Waals surface area contributed by atoms with Crippen LogP contribution in [0.1, 0.15) is 12.0 Å². The van der Waals surface area contributed by atoms with E-state index in [0.717, 1.165) is 11.3 Å². The summed E-state index contributed by atoms with van der Waals surface area (Å²) in [5.74, 6) is -0.293. The number of hydrogen-bond acceptors (Lipinski definition) is 4. The number of hydrogen-bond donors (Lipinski definition) is 1. The van der Waals surface area contributed by atoms with Crippen LogP contribution in [0.5, 0.6) is 0 Å². The lowest BCUT2D eigenvalue weighted by atomic mass is 10.2. The van der Waals surface area contributed by atoms with Gasteiger partial charge >= 0.3 is 0 Å². The lowest BCUT2D eigenvalue weighted by molar-refractivity contribution is -0.122. The lowest BCUT2D eigenvalue weighted by Crippen LogP contribution is -2.31. The van der Waals surface area contributed by atoms with Crippen LogP contribution in [0.25, 0.3) is 6.08 Å². The summed E-state index contributed by atoms with van der Waals surface area (Å²) in [5.41, 5.74) is 1.69. The number of para-hydroxylation sites is 1. The predicted molar refractivity (Wildman–Crippen MR) is 106 cm³/mol. The smallest absolute Gasteiger partial charge is 0.266 e. The second-order valence-electron chi connectivity index (χ2n) is 5.41. The van der Waals surface area contributed by atoms with Crippen LogP contribution in [0.2, 0.25) is 0 Å². The van der Waals surface area contributed by atoms with E-state index in [1.165, 1.54) is 16.7 Å². The van der Waals surface area contributed by atoms with Crippen molar-refractivity contribution in [2.45, 2.75) is 6.42 Å². The van der Waals surface area contributed by atoms with Crippen molar-refractivity contribution in [2.24, 2.45) is 0 Å². The first-order valence-electron chi connectivity index (χ1n) is 7.79. The van der Waals surface area contributed by atoms with Crippen LogP contribution in [-0.4, -0.2) is 27.6 Å². The van der Waals surface area contributed by atoms with E-state index < -0.39 is 0 Å². The molecule has 1 aliphatic rings. The van der Waals surface area contributed by atoms with Crippen molar-refractivity contribution in [3.8, 4) is 0 Å². The molecular weight excluding hydrogens is 352 g/mol. The fourth-order valence-electron chi connectivity index (χ4n) is 2.35. The maximum absolute atomic E-state index is 12.5. The fourth-order valence-corrected chi connectivity index (χ4v) is 3.66. The van der Waals surface area contributed by atoms with Gasteiger partial charge in [-0.25, -0.2) is 0 Å². The van der Waals surface area contributed by atoms with Crippen LogP contribution in [0.4, 0.5) is 5.69 Å². The molecule has 0 aliphatic carbocycles. The Morgan fingerprint density at radius 2 is 1.72 bits per heavy atom. The standard InChI is InChI=1S/C19H16N2O2S2/c22-17(20-15-9-5-2-6-10-15)11-12-21-18(23)16(25-19(21)24)13-14-7-3-1-4-8-14/h1-10,13H,11-12H2,(H,20,22). The molecule has 0 spiro atoms. The van der Waals surface area contributed by atoms with Crippen LogP contribution < -0.4 is 5.32 Å². The van der Waals surface area contributed by atoms with E-state index in [4.69, 9.17) is 12.2 Å². The van der Waals surface area contributed by atoms with Crippen LogP contribution in [0.3, 0.4) is 0 Å². The van der Waals surface area contributed by atoms with Crippen LogP contribution >= 0.6 is 24.0 Å². The third-order valence-electron chi connectivity index (χ3n) is 3.59. The minimum atomic E-state index is -0.147. The lowest BCUT2D eigenvalue weighted by Gasteiger charge is -2.14. The Hall–Kier alpha value is -2.44. The minimum Gasteiger partial charge on any atom is -0.326 e. The zero-order valence-corrected chi connectivity index (χ0v) is 15.0. The summed E-state index contributed by atoms with van der Waals surface area (Å²) in [7, 11) is 0. The molecule has 0 bridgehead atoms. The van der Waals surface area contributed by atoms with Gasteiger partial charge in [-0.05, 0) is 23.8 Å². The minimum absolute atomic E-state index is 0.146. The molecule has 6 heteroatoms. The van der Waals surface area contributed by atoms with Crippen LogP contribution in [0, 0.1) is 0 Å². The third kappa shape index (κ3) is 4.55. The molecule has 1 saturated heterocycles. The summed E-state index contributed by atoms with van der Waals surface area (Å²) in [6.07, 6.45) is 2.02. The Balaban J connectivity index is 1.59. The monoisotopic (exact) mass is 368 g/mol. The van der Waals surface area contributed by atoms with E-state index >= 15 is 0 Å². The highest BCUT2D eigenvalue weighted by atomic mass is 32.2. The van der Waals surface area contributed by atoms with Gasteiger partial charge in [-0.15, -0.1) is 0 Å². The first-order valence-corrected chi connectivity index (χ1v) is 9.01. The Bertz CT molecular complexity index is 820. The summed E-state index contributed by atoms with van der Waals surface area (Å²) >= 11 is 6.56. The van der Waals surface area contributed by atoms with E-state index in [1.807, 2.05) is 66.7 Å². The average molecular weight is 368 g/mol. The van der Waals surface area contributed by atoms with Gasteiger partial charge in [0, 0.05) is 18.7 Å². The molecule has 0 aromatic heterocycles. The molecule has 0 atom stereocenters. The van der Waals surface area contributed by atoms with Crippen molar-refractivity contribution in [1.29, 1.82) is 0 Å². The SMILES string of the molecule is O=C(CCN1C(=O)C(=Cc2ccccc2)SC1=S)Nc1ccccc1. The molecule has 2 aromatic carbocycles. The van der Waals surface area contributed by atoms with Crippen LogP contribution in [0.15, 0.2) is 65.6 Å². The van der Waals surface area contributed by atoms with Crippen molar-refractivity contribution < 1.29 is 9.59 Å². The van der Waals surface area contributed by atoms with E-state index in [9.17, 15) is 9.59 Å². The van der Waals surface area contributed by atoms with Crippen molar-refractivity contribution in [2.75, 3.05) is 11.9 Å². The number of rotatable bonds is 5. The number of anilines is 1. The topological polar surface area (TPSA) is 49.4 Å². The molecular formula is C19H16N2O2S2. The molecule has 126 valence electrons. The number of carbonyl (C=O) groups is 2. The molecule has 0 saturated carbocycles. The second kappa shape index (κ2) is 8.09. The molecule has 3 rings (SSSR count). The summed E-state index contributed by atoms with van der Waals surface area (Å²) in [6, 6.07) is 18.8. The highest BCUT2D eigenvalue weighted by Gasteiger charge is 2.31. The molecule has 1 aliphatic heterocycles. The van der Waals surface area contributed by atoms with Gasteiger partial charge in [0.25, 0.3) is 5.91 Å². The van der Waals surface area contributed by atoms with Crippen LogP contribution in [-0.2, 0) is 9.59 Å². The Labute approximate surface area is 155 Å². The normalized spacial score (nSPS) is 15.7. The van der Waals surface area contributed by atoms with E-state index in [-0.39, 0.29) is 24.8 Å². The maximum atomic E-state index is 12.5. The zero-order valence-electron chi connectivity index (χ0n) is 13.3. The second-order valence-corrected chi connectivity index (χ2v) is 7.08. The first kappa shape index (κ1) is 17.4. The van der Waals surface area contributed by atoms with Gasteiger partial charge in [-0.3, -0.25) is 14.5 Å². The van der Waals surface area contributed by atoms with E-state index in [0.29, 0.717) is 9.23 Å². The van der Waals surface area contributed by atoms with Crippen molar-refractivity contribution in [3.63, 3.8) is 0 Å². The number of benzene rings is 2. The number of amides is 2. The molecule has 0 radical (unpaired) electrons. The molecule has 1 fully saturated rings. The predicted octanol–water partition coefficient (Wildman–Crippen LogP) is 3.92. The van der Waals surface area contributed by atoms with Gasteiger partial charge in [0.2, 0.25) is 5.91 Å². The molecule has 1 heterocycles. The van der Waals surface area contributed by atoms with Crippen molar-refractivity contribution >= 4 is 51.9 Å². The summed E-state index contributed by atoms with van der Waals surface area (Å²) in [5, 5.41) is 2.80. The zero-order chi connectivity index (χ0) is 17.6. The molecule has 1 N–H and O–H groups in total. The van der Waals surface area contributed by atoms with E-state index in [2.05, 4.69) is 5.32 Å². The number of nitrogens with zero attached hydrogens (tertiary/aromatic N) is 1. The molecule has 0 unspecified atom stereocenters. The number of thioether (sulfide) groups is 1. The highest BCUT2D eigenvalue weighted by Crippen LogP contribution is 2.32. The quantitative estimate of drug-likeness (QED) is 0.642.